The summed E-state index contributed by atoms with van der Waals surface area (Å²) in [7, 11) is 0. The van der Waals surface area contributed by atoms with Gasteiger partial charge in [0.15, 0.2) is 0 Å². The molecule has 0 unspecified atom stereocenters. The summed E-state index contributed by atoms with van der Waals surface area (Å²) in [6.07, 6.45) is 3.46. The molecule has 1 aromatic rings. The van der Waals surface area contributed by atoms with Crippen molar-refractivity contribution >= 4 is 11.6 Å². The second kappa shape index (κ2) is 4.95. The Morgan fingerprint density at radius 1 is 1.41 bits per heavy atom. The quantitative estimate of drug-likeness (QED) is 0.844. The van der Waals surface area contributed by atoms with E-state index in [1.165, 1.54) is 12.8 Å². The molecule has 0 aromatic heterocycles. The highest BCUT2D eigenvalue weighted by Gasteiger charge is 2.25. The Kier molecular flexibility index (Phi) is 3.74. The lowest BCUT2D eigenvalue weighted by Crippen LogP contribution is -2.32. The second-order valence-electron chi connectivity index (χ2n) is 5.74. The summed E-state index contributed by atoms with van der Waals surface area (Å²) in [6.45, 7) is 5.38. The van der Waals surface area contributed by atoms with Crippen LogP contribution in [0.3, 0.4) is 0 Å². The average Bonchev–Trinajstić information content (AvgIpc) is 3.04. The van der Waals surface area contributed by atoms with Gasteiger partial charge in [0.05, 0.1) is 5.02 Å². The molecule has 17 heavy (non-hydrogen) atoms. The highest BCUT2D eigenvalue weighted by Crippen LogP contribution is 2.26. The van der Waals surface area contributed by atoms with Gasteiger partial charge in [-0.05, 0) is 42.4 Å². The fourth-order valence-electron chi connectivity index (χ4n) is 1.97. The maximum absolute atomic E-state index is 13.3. The molecule has 0 aliphatic heterocycles. The van der Waals surface area contributed by atoms with Crippen molar-refractivity contribution in [3.63, 3.8) is 0 Å². The van der Waals surface area contributed by atoms with E-state index in [1.54, 1.807) is 12.1 Å². The van der Waals surface area contributed by atoms with E-state index in [2.05, 4.69) is 19.2 Å². The van der Waals surface area contributed by atoms with Gasteiger partial charge in [-0.25, -0.2) is 4.39 Å². The van der Waals surface area contributed by atoms with Crippen LogP contribution in [0.25, 0.3) is 0 Å². The first-order valence-electron chi connectivity index (χ1n) is 6.14. The number of rotatable bonds is 5. The van der Waals surface area contributed by atoms with Gasteiger partial charge >= 0.3 is 0 Å². The van der Waals surface area contributed by atoms with Crippen LogP contribution in [0.5, 0.6) is 0 Å². The monoisotopic (exact) mass is 255 g/mol. The summed E-state index contributed by atoms with van der Waals surface area (Å²) >= 11 is 5.68. The summed E-state index contributed by atoms with van der Waals surface area (Å²) in [5, 5.41) is 3.72. The van der Waals surface area contributed by atoms with Crippen LogP contribution >= 0.6 is 11.6 Å². The molecule has 1 aliphatic rings. The lowest BCUT2D eigenvalue weighted by Gasteiger charge is -2.25. The Morgan fingerprint density at radius 3 is 2.71 bits per heavy atom. The summed E-state index contributed by atoms with van der Waals surface area (Å²) in [6, 6.07) is 5.80. The Hall–Kier alpha value is -0.600. The van der Waals surface area contributed by atoms with Gasteiger partial charge in [0, 0.05) is 12.6 Å². The van der Waals surface area contributed by atoms with Crippen molar-refractivity contribution in [3.8, 4) is 0 Å². The number of benzene rings is 1. The molecule has 0 spiro atoms. The minimum absolute atomic E-state index is 0.142. The normalized spacial score (nSPS) is 16.2. The molecule has 1 N–H and O–H groups in total. The fraction of sp³-hybridized carbons (Fsp3) is 0.571. The number of nitrogens with one attached hydrogen (secondary N) is 1. The third-order valence-electron chi connectivity index (χ3n) is 3.11. The van der Waals surface area contributed by atoms with Crippen LogP contribution in [0.1, 0.15) is 32.3 Å². The van der Waals surface area contributed by atoms with Gasteiger partial charge in [0.2, 0.25) is 0 Å². The molecule has 3 heteroatoms. The van der Waals surface area contributed by atoms with Gasteiger partial charge < -0.3 is 5.32 Å². The summed E-state index contributed by atoms with van der Waals surface area (Å²) < 4.78 is 13.3. The molecular weight excluding hydrogens is 237 g/mol. The van der Waals surface area contributed by atoms with Crippen molar-refractivity contribution in [2.45, 2.75) is 39.2 Å². The average molecular weight is 256 g/mol. The van der Waals surface area contributed by atoms with E-state index in [1.807, 2.05) is 6.07 Å². The standard InChI is InChI=1S/C14H19ClFN/c1-14(2,9-17-11-4-5-11)8-10-3-6-12(15)13(16)7-10/h3,6-7,11,17H,4-5,8-9H2,1-2H3. The first-order chi connectivity index (χ1) is 7.96. The highest BCUT2D eigenvalue weighted by molar-refractivity contribution is 6.30. The van der Waals surface area contributed by atoms with Crippen LogP contribution in [0.15, 0.2) is 18.2 Å². The largest absolute Gasteiger partial charge is 0.313 e. The lowest BCUT2D eigenvalue weighted by molar-refractivity contribution is 0.336. The Bertz CT molecular complexity index is 399. The third-order valence-corrected chi connectivity index (χ3v) is 3.42. The number of hydrogen-bond acceptors (Lipinski definition) is 1. The Labute approximate surface area is 107 Å². The minimum Gasteiger partial charge on any atom is -0.313 e. The van der Waals surface area contributed by atoms with Gasteiger partial charge in [-0.3, -0.25) is 0 Å². The zero-order valence-corrected chi connectivity index (χ0v) is 11.1. The van der Waals surface area contributed by atoms with Crippen molar-refractivity contribution in [3.05, 3.63) is 34.6 Å². The van der Waals surface area contributed by atoms with Crippen LogP contribution in [0, 0.1) is 11.2 Å². The third kappa shape index (κ3) is 3.97. The highest BCUT2D eigenvalue weighted by atomic mass is 35.5. The molecule has 0 saturated heterocycles. The van der Waals surface area contributed by atoms with E-state index in [0.29, 0.717) is 0 Å². The van der Waals surface area contributed by atoms with Gasteiger partial charge in [0.25, 0.3) is 0 Å². The van der Waals surface area contributed by atoms with Crippen LogP contribution in [0.4, 0.5) is 4.39 Å². The number of halogens is 2. The first-order valence-corrected chi connectivity index (χ1v) is 6.51. The van der Waals surface area contributed by atoms with E-state index in [0.717, 1.165) is 24.6 Å². The molecule has 0 bridgehead atoms. The molecule has 0 heterocycles. The molecule has 2 rings (SSSR count). The van der Waals surface area contributed by atoms with Crippen LogP contribution < -0.4 is 5.32 Å². The van der Waals surface area contributed by atoms with E-state index in [4.69, 9.17) is 11.6 Å². The van der Waals surface area contributed by atoms with Crippen molar-refractivity contribution in [1.82, 2.24) is 5.32 Å². The molecule has 0 atom stereocenters. The maximum Gasteiger partial charge on any atom is 0.142 e. The fourth-order valence-corrected chi connectivity index (χ4v) is 2.09. The van der Waals surface area contributed by atoms with Gasteiger partial charge in [-0.1, -0.05) is 31.5 Å². The molecule has 94 valence electrons. The van der Waals surface area contributed by atoms with Crippen molar-refractivity contribution in [2.24, 2.45) is 5.41 Å². The van der Waals surface area contributed by atoms with E-state index in [-0.39, 0.29) is 16.3 Å². The maximum atomic E-state index is 13.3. The van der Waals surface area contributed by atoms with Gasteiger partial charge in [0.1, 0.15) is 5.82 Å². The first kappa shape index (κ1) is 12.8. The molecular formula is C14H19ClFN. The van der Waals surface area contributed by atoms with Crippen LogP contribution in [-0.4, -0.2) is 12.6 Å². The predicted molar refractivity (Wildman–Crippen MR) is 69.9 cm³/mol. The lowest BCUT2D eigenvalue weighted by atomic mass is 9.85. The van der Waals surface area contributed by atoms with Crippen molar-refractivity contribution < 1.29 is 4.39 Å². The predicted octanol–water partition coefficient (Wildman–Crippen LogP) is 3.80. The van der Waals surface area contributed by atoms with Crippen LogP contribution in [-0.2, 0) is 6.42 Å². The van der Waals surface area contributed by atoms with Crippen LogP contribution in [0.2, 0.25) is 5.02 Å². The van der Waals surface area contributed by atoms with E-state index < -0.39 is 0 Å². The summed E-state index contributed by atoms with van der Waals surface area (Å²) in [5.41, 5.74) is 1.15. The van der Waals surface area contributed by atoms with Gasteiger partial charge in [-0.15, -0.1) is 0 Å². The molecule has 0 radical (unpaired) electrons. The Balaban J connectivity index is 1.94. The minimum atomic E-state index is -0.324. The van der Waals surface area contributed by atoms with E-state index in [9.17, 15) is 4.39 Å². The number of hydrogen-bond donors (Lipinski definition) is 1. The SMILES string of the molecule is CC(C)(CNC1CC1)Cc1ccc(Cl)c(F)c1. The molecule has 1 nitrogen and oxygen atoms in total. The van der Waals surface area contributed by atoms with E-state index >= 15 is 0 Å². The summed E-state index contributed by atoms with van der Waals surface area (Å²) in [5.74, 6) is -0.324. The smallest absolute Gasteiger partial charge is 0.142 e. The zero-order chi connectivity index (χ0) is 12.5. The second-order valence-corrected chi connectivity index (χ2v) is 6.15. The molecule has 1 fully saturated rings. The molecule has 1 aliphatic carbocycles. The molecule has 1 saturated carbocycles. The zero-order valence-electron chi connectivity index (χ0n) is 10.4. The summed E-state index contributed by atoms with van der Waals surface area (Å²) in [4.78, 5) is 0. The van der Waals surface area contributed by atoms with Crippen molar-refractivity contribution in [1.29, 1.82) is 0 Å². The van der Waals surface area contributed by atoms with Crippen molar-refractivity contribution in [2.75, 3.05) is 6.54 Å². The molecule has 0 amide bonds. The topological polar surface area (TPSA) is 12.0 Å². The molecule has 1 aromatic carbocycles. The van der Waals surface area contributed by atoms with Gasteiger partial charge in [-0.2, -0.15) is 0 Å². The Morgan fingerprint density at radius 2 is 2.12 bits per heavy atom.